The first-order valence-electron chi connectivity index (χ1n) is 11.3. The highest BCUT2D eigenvalue weighted by molar-refractivity contribution is 5.66. The van der Waals surface area contributed by atoms with E-state index in [9.17, 15) is 4.79 Å². The van der Waals surface area contributed by atoms with Crippen molar-refractivity contribution < 1.29 is 24.5 Å². The average molecular weight is 404 g/mol. The Balaban J connectivity index is 3.87. The van der Waals surface area contributed by atoms with Crippen molar-refractivity contribution in [1.82, 2.24) is 4.90 Å². The van der Waals surface area contributed by atoms with Gasteiger partial charge in [0.05, 0.1) is 39.0 Å². The number of aliphatic hydroxyl groups is 1. The van der Waals surface area contributed by atoms with Gasteiger partial charge in [-0.15, -0.1) is 0 Å². The number of ether oxygens (including phenoxy) is 2. The summed E-state index contributed by atoms with van der Waals surface area (Å²) in [6.07, 6.45) is 13.3. The van der Waals surface area contributed by atoms with Crippen LogP contribution >= 0.6 is 0 Å². The molecule has 28 heavy (non-hydrogen) atoms. The molecule has 0 heterocycles. The van der Waals surface area contributed by atoms with Gasteiger partial charge in [-0.05, 0) is 19.9 Å². The van der Waals surface area contributed by atoms with E-state index in [1.54, 1.807) is 0 Å². The average Bonchev–Trinajstić information content (AvgIpc) is 2.67. The number of unbranched alkanes of at least 4 members (excludes halogenated alkanes) is 9. The topological polar surface area (TPSA) is 79.2 Å². The van der Waals surface area contributed by atoms with Crippen molar-refractivity contribution >= 4 is 5.97 Å². The second-order valence-electron chi connectivity index (χ2n) is 7.64. The lowest BCUT2D eigenvalue weighted by molar-refractivity contribution is -0.138. The van der Waals surface area contributed by atoms with E-state index in [4.69, 9.17) is 19.7 Å². The molecule has 0 bridgehead atoms. The van der Waals surface area contributed by atoms with Crippen LogP contribution in [0.3, 0.4) is 0 Å². The van der Waals surface area contributed by atoms with E-state index in [0.29, 0.717) is 13.2 Å². The molecule has 6 heteroatoms. The lowest BCUT2D eigenvalue weighted by Gasteiger charge is -2.25. The van der Waals surface area contributed by atoms with Crippen molar-refractivity contribution in [2.45, 2.75) is 90.6 Å². The minimum absolute atomic E-state index is 0.0427. The van der Waals surface area contributed by atoms with Crippen molar-refractivity contribution in [2.24, 2.45) is 0 Å². The molecule has 0 spiro atoms. The maximum atomic E-state index is 10.5. The predicted octanol–water partition coefficient (Wildman–Crippen LogP) is 4.10. The van der Waals surface area contributed by atoms with Gasteiger partial charge in [-0.1, -0.05) is 64.7 Å². The maximum absolute atomic E-state index is 10.5. The number of nitrogens with zero attached hydrogens (tertiary/aromatic N) is 1. The quantitative estimate of drug-likeness (QED) is 0.265. The van der Waals surface area contributed by atoms with Crippen LogP contribution in [-0.4, -0.2) is 73.2 Å². The summed E-state index contributed by atoms with van der Waals surface area (Å²) in [5, 5.41) is 17.5. The number of aliphatic carboxylic acids is 1. The molecular formula is C22H45NO5. The van der Waals surface area contributed by atoms with Gasteiger partial charge in [-0.2, -0.15) is 0 Å². The summed E-state index contributed by atoms with van der Waals surface area (Å²) in [6, 6.07) is 0. The zero-order valence-electron chi connectivity index (χ0n) is 18.4. The highest BCUT2D eigenvalue weighted by Crippen LogP contribution is 2.11. The fraction of sp³-hybridized carbons (Fsp3) is 0.955. The van der Waals surface area contributed by atoms with E-state index in [0.717, 1.165) is 26.1 Å². The lowest BCUT2D eigenvalue weighted by Crippen LogP contribution is -2.36. The minimum atomic E-state index is -0.826. The Hall–Kier alpha value is -0.690. The summed E-state index contributed by atoms with van der Waals surface area (Å²) >= 11 is 0. The first kappa shape index (κ1) is 27.3. The monoisotopic (exact) mass is 403 g/mol. The third-order valence-corrected chi connectivity index (χ3v) is 4.85. The molecule has 6 nitrogen and oxygen atoms in total. The molecule has 0 aromatic carbocycles. The van der Waals surface area contributed by atoms with E-state index >= 15 is 0 Å². The third-order valence-electron chi connectivity index (χ3n) is 4.85. The highest BCUT2D eigenvalue weighted by atomic mass is 16.5. The SMILES string of the molecule is CCCCCCCCCCCCN(CCOCCC(=O)O)CC(C)OCCO. The maximum Gasteiger partial charge on any atom is 0.305 e. The highest BCUT2D eigenvalue weighted by Gasteiger charge is 2.11. The van der Waals surface area contributed by atoms with Crippen LogP contribution in [0, 0.1) is 0 Å². The fourth-order valence-corrected chi connectivity index (χ4v) is 3.24. The molecule has 0 rings (SSSR count). The van der Waals surface area contributed by atoms with Gasteiger partial charge in [0.1, 0.15) is 0 Å². The fourth-order valence-electron chi connectivity index (χ4n) is 3.24. The molecule has 0 aliphatic heterocycles. The van der Waals surface area contributed by atoms with Crippen LogP contribution < -0.4 is 0 Å². The van der Waals surface area contributed by atoms with Crippen molar-refractivity contribution in [3.8, 4) is 0 Å². The molecule has 0 radical (unpaired) electrons. The molecule has 0 aliphatic rings. The van der Waals surface area contributed by atoms with Crippen LogP contribution in [0.15, 0.2) is 0 Å². The smallest absolute Gasteiger partial charge is 0.305 e. The zero-order valence-corrected chi connectivity index (χ0v) is 18.4. The number of carboxylic acid groups (broad SMARTS) is 1. The van der Waals surface area contributed by atoms with Gasteiger partial charge < -0.3 is 19.7 Å². The molecule has 2 N–H and O–H groups in total. The van der Waals surface area contributed by atoms with E-state index in [2.05, 4.69) is 11.8 Å². The molecule has 0 saturated carbocycles. The normalized spacial score (nSPS) is 12.6. The number of carboxylic acids is 1. The van der Waals surface area contributed by atoms with Crippen LogP contribution in [0.4, 0.5) is 0 Å². The third kappa shape index (κ3) is 20.1. The standard InChI is InChI=1S/C22H45NO5/c1-3-4-5-6-7-8-9-10-11-12-14-23(20-21(2)28-19-16-24)15-18-27-17-13-22(25)26/h21,24H,3-20H2,1-2H3,(H,25,26). The van der Waals surface area contributed by atoms with Crippen molar-refractivity contribution in [1.29, 1.82) is 0 Å². The van der Waals surface area contributed by atoms with Crippen LogP contribution in [-0.2, 0) is 14.3 Å². The van der Waals surface area contributed by atoms with E-state index < -0.39 is 5.97 Å². The molecule has 168 valence electrons. The number of hydrogen-bond donors (Lipinski definition) is 2. The zero-order chi connectivity index (χ0) is 20.9. The van der Waals surface area contributed by atoms with E-state index in [1.165, 1.54) is 57.8 Å². The molecule has 0 aromatic heterocycles. The molecule has 0 saturated heterocycles. The molecule has 0 fully saturated rings. The van der Waals surface area contributed by atoms with Gasteiger partial charge in [0, 0.05) is 13.1 Å². The van der Waals surface area contributed by atoms with Gasteiger partial charge in [0.2, 0.25) is 0 Å². The van der Waals surface area contributed by atoms with Crippen LogP contribution in [0.25, 0.3) is 0 Å². The predicted molar refractivity (Wildman–Crippen MR) is 114 cm³/mol. The first-order valence-corrected chi connectivity index (χ1v) is 11.3. The second kappa shape index (κ2) is 21.0. The molecule has 1 unspecified atom stereocenters. The number of hydrogen-bond acceptors (Lipinski definition) is 5. The van der Waals surface area contributed by atoms with Gasteiger partial charge in [-0.3, -0.25) is 9.69 Å². The lowest BCUT2D eigenvalue weighted by atomic mass is 10.1. The largest absolute Gasteiger partial charge is 0.481 e. The second-order valence-corrected chi connectivity index (χ2v) is 7.64. The van der Waals surface area contributed by atoms with Gasteiger partial charge in [-0.25, -0.2) is 0 Å². The Kier molecular flexibility index (Phi) is 20.5. The van der Waals surface area contributed by atoms with E-state index in [1.807, 2.05) is 6.92 Å². The Morgan fingerprint density at radius 1 is 0.893 bits per heavy atom. The number of aliphatic hydroxyl groups excluding tert-OH is 1. The van der Waals surface area contributed by atoms with Crippen LogP contribution in [0.2, 0.25) is 0 Å². The summed E-state index contributed by atoms with van der Waals surface area (Å²) in [6.45, 7) is 8.08. The Bertz CT molecular complexity index is 341. The van der Waals surface area contributed by atoms with Crippen LogP contribution in [0.1, 0.15) is 84.5 Å². The molecular weight excluding hydrogens is 358 g/mol. The van der Waals surface area contributed by atoms with Gasteiger partial charge >= 0.3 is 5.97 Å². The van der Waals surface area contributed by atoms with Crippen LogP contribution in [0.5, 0.6) is 0 Å². The first-order chi connectivity index (χ1) is 13.6. The Morgan fingerprint density at radius 3 is 2.07 bits per heavy atom. The number of rotatable bonds is 22. The number of carbonyl (C=O) groups is 1. The Labute approximate surface area is 172 Å². The molecule has 1 atom stereocenters. The molecule has 0 amide bonds. The summed E-state index contributed by atoms with van der Waals surface area (Å²) in [4.78, 5) is 12.9. The minimum Gasteiger partial charge on any atom is -0.481 e. The van der Waals surface area contributed by atoms with Crippen molar-refractivity contribution in [3.05, 3.63) is 0 Å². The van der Waals surface area contributed by atoms with Crippen molar-refractivity contribution in [2.75, 3.05) is 46.1 Å². The summed E-state index contributed by atoms with van der Waals surface area (Å²) in [5.74, 6) is -0.826. The summed E-state index contributed by atoms with van der Waals surface area (Å²) < 4.78 is 11.0. The Morgan fingerprint density at radius 2 is 1.50 bits per heavy atom. The van der Waals surface area contributed by atoms with Gasteiger partial charge in [0.25, 0.3) is 0 Å². The van der Waals surface area contributed by atoms with E-state index in [-0.39, 0.29) is 25.7 Å². The van der Waals surface area contributed by atoms with Gasteiger partial charge in [0.15, 0.2) is 0 Å². The van der Waals surface area contributed by atoms with Crippen molar-refractivity contribution in [3.63, 3.8) is 0 Å². The summed E-state index contributed by atoms with van der Waals surface area (Å²) in [5.41, 5.74) is 0. The molecule has 0 aliphatic carbocycles. The molecule has 0 aromatic rings. The summed E-state index contributed by atoms with van der Waals surface area (Å²) in [7, 11) is 0.